The maximum atomic E-state index is 12.0. The summed E-state index contributed by atoms with van der Waals surface area (Å²) < 4.78 is 16.5. The van der Waals surface area contributed by atoms with Crippen molar-refractivity contribution in [3.8, 4) is 0 Å². The molecule has 0 saturated heterocycles. The molecular formula is C31H67ClO9S2Si2. The van der Waals surface area contributed by atoms with Gasteiger partial charge in [0.2, 0.25) is 0 Å². The fourth-order valence-electron chi connectivity index (χ4n) is 1.85. The average Bonchev–Trinajstić information content (AvgIpc) is 2.83. The predicted octanol–water partition coefficient (Wildman–Crippen LogP) is 8.47. The third kappa shape index (κ3) is 26.5. The number of carbonyl (C=O) groups excluding carboxylic acids is 2. The topological polar surface area (TPSA) is 140 Å². The molecule has 0 saturated carbocycles. The molecule has 0 heterocycles. The lowest BCUT2D eigenvalue weighted by Crippen LogP contribution is -2.44. The Hall–Kier alpha value is -0.126. The van der Waals surface area contributed by atoms with Crippen molar-refractivity contribution < 1.29 is 43.3 Å². The second kappa shape index (κ2) is 21.8. The summed E-state index contributed by atoms with van der Waals surface area (Å²) in [4.78, 5) is 32.9. The van der Waals surface area contributed by atoms with Gasteiger partial charge in [0.05, 0.1) is 24.0 Å². The number of hydrogen-bond acceptors (Lipinski definition) is 10. The number of carboxylic acid groups (broad SMARTS) is 1. The Bertz CT molecular complexity index is 861. The summed E-state index contributed by atoms with van der Waals surface area (Å²) >= 11 is 9.76. The van der Waals surface area contributed by atoms with Gasteiger partial charge in [0.15, 0.2) is 21.8 Å². The fourth-order valence-corrected chi connectivity index (χ4v) is 5.12. The van der Waals surface area contributed by atoms with Crippen molar-refractivity contribution >= 4 is 69.1 Å². The van der Waals surface area contributed by atoms with Gasteiger partial charge in [-0.05, 0) is 84.7 Å². The zero-order valence-electron chi connectivity index (χ0n) is 31.3. The molecule has 14 heteroatoms. The highest BCUT2D eigenvalue weighted by Crippen LogP contribution is 2.39. The Balaban J connectivity index is -0.000000279. The first-order chi connectivity index (χ1) is 19.7. The largest absolute Gasteiger partial charge is 0.481 e. The zero-order chi connectivity index (χ0) is 37.3. The highest BCUT2D eigenvalue weighted by Gasteiger charge is 2.41. The lowest BCUT2D eigenvalue weighted by molar-refractivity contribution is -0.148. The average molecular weight is 740 g/mol. The second-order valence-electron chi connectivity index (χ2n) is 15.9. The minimum Gasteiger partial charge on any atom is -0.481 e. The highest BCUT2D eigenvalue weighted by molar-refractivity contribution is 8.13. The number of ether oxygens (including phenoxy) is 1. The number of rotatable bonds is 11. The third-order valence-electron chi connectivity index (χ3n) is 7.14. The molecule has 45 heavy (non-hydrogen) atoms. The molecule has 0 aliphatic heterocycles. The van der Waals surface area contributed by atoms with Gasteiger partial charge in [-0.3, -0.25) is 9.59 Å². The van der Waals surface area contributed by atoms with E-state index in [0.29, 0.717) is 24.7 Å². The van der Waals surface area contributed by atoms with Crippen LogP contribution in [0.15, 0.2) is 0 Å². The summed E-state index contributed by atoms with van der Waals surface area (Å²) in [6.45, 7) is 35.1. The molecule has 0 aromatic rings. The molecule has 0 spiro atoms. The lowest BCUT2D eigenvalue weighted by Gasteiger charge is -2.38. The third-order valence-corrected chi connectivity index (χ3v) is 17.6. The first-order valence-corrected chi connectivity index (χ1v) is 22.9. The van der Waals surface area contributed by atoms with E-state index in [-0.39, 0.29) is 28.4 Å². The molecular weight excluding hydrogens is 672 g/mol. The molecule has 3 N–H and O–H groups in total. The van der Waals surface area contributed by atoms with Crippen molar-refractivity contribution in [1.29, 1.82) is 0 Å². The van der Waals surface area contributed by atoms with Gasteiger partial charge in [-0.25, -0.2) is 4.79 Å². The standard InChI is InChI=1S/C13H28O3SSi.C11H24O3Si.C5H9ClO2.C2H6OS/c1-12(2,3)18(6,7)16-10-13(4,5)11(15)17-9-8-14;1-10(2,3)15(6,7)14-8-11(4,5)9(12)13;1-5(2,3)8-4(6)7;3-1-2-4/h14H,8-10H2,1-7H3;8H2,1-7H3,(H,12,13);1-3H3;3-4H,1-2H2. The van der Waals surface area contributed by atoms with E-state index < -0.39 is 44.5 Å². The number of aliphatic hydroxyl groups is 2. The molecule has 0 atom stereocenters. The molecule has 0 rings (SSSR count). The van der Waals surface area contributed by atoms with Gasteiger partial charge in [0, 0.05) is 36.3 Å². The van der Waals surface area contributed by atoms with E-state index in [2.05, 4.69) is 85.1 Å². The summed E-state index contributed by atoms with van der Waals surface area (Å²) in [5.41, 5.74) is -2.50. The summed E-state index contributed by atoms with van der Waals surface area (Å²) in [5.74, 6) is 0.226. The van der Waals surface area contributed by atoms with Crippen LogP contribution < -0.4 is 0 Å². The minimum atomic E-state index is -1.82. The van der Waals surface area contributed by atoms with Crippen molar-refractivity contribution in [2.75, 3.05) is 37.9 Å². The first kappa shape index (κ1) is 51.7. The van der Waals surface area contributed by atoms with E-state index in [1.54, 1.807) is 34.6 Å². The van der Waals surface area contributed by atoms with Crippen LogP contribution in [0.2, 0.25) is 36.3 Å². The Morgan fingerprint density at radius 3 is 1.24 bits per heavy atom. The SMILES string of the molecule is CC(C)(C)OC(=O)Cl.CC(C)(CO[Si](C)(C)C(C)(C)C)C(=O)O.CC(C)(CO[Si](C)(C)C(C)(C)C)C(=O)SCCO.OCCS. The highest BCUT2D eigenvalue weighted by atomic mass is 35.5. The number of aliphatic carboxylic acids is 1. The van der Waals surface area contributed by atoms with E-state index in [4.69, 9.17) is 35.8 Å². The maximum Gasteiger partial charge on any atom is 0.404 e. The molecule has 0 fully saturated rings. The number of hydrogen-bond donors (Lipinski definition) is 4. The monoisotopic (exact) mass is 738 g/mol. The van der Waals surface area contributed by atoms with Crippen LogP contribution in [0, 0.1) is 10.8 Å². The van der Waals surface area contributed by atoms with E-state index in [1.807, 2.05) is 13.8 Å². The van der Waals surface area contributed by atoms with Gasteiger partial charge in [-0.2, -0.15) is 12.6 Å². The molecule has 0 aliphatic rings. The van der Waals surface area contributed by atoms with Crippen LogP contribution in [-0.4, -0.2) is 92.0 Å². The molecule has 272 valence electrons. The number of carboxylic acids is 1. The van der Waals surface area contributed by atoms with Gasteiger partial charge in [0.1, 0.15) is 5.60 Å². The number of thiol groups is 1. The van der Waals surface area contributed by atoms with E-state index in [9.17, 15) is 14.4 Å². The Kier molecular flexibility index (Phi) is 25.0. The molecule has 0 amide bonds. The van der Waals surface area contributed by atoms with Crippen LogP contribution in [0.1, 0.15) is 90.0 Å². The van der Waals surface area contributed by atoms with E-state index in [0.717, 1.165) is 0 Å². The van der Waals surface area contributed by atoms with Crippen LogP contribution in [0.25, 0.3) is 0 Å². The quantitative estimate of drug-likeness (QED) is 0.0927. The summed E-state index contributed by atoms with van der Waals surface area (Å²) in [7, 11) is -3.63. The lowest BCUT2D eigenvalue weighted by atomic mass is 9.96. The van der Waals surface area contributed by atoms with Crippen LogP contribution in [0.4, 0.5) is 4.79 Å². The first-order valence-electron chi connectivity index (χ1n) is 15.1. The number of thioether (sulfide) groups is 1. The Morgan fingerprint density at radius 1 is 0.711 bits per heavy atom. The van der Waals surface area contributed by atoms with Gasteiger partial charge < -0.3 is 28.9 Å². The molecule has 0 aromatic carbocycles. The van der Waals surface area contributed by atoms with E-state index >= 15 is 0 Å². The van der Waals surface area contributed by atoms with Gasteiger partial charge in [-0.15, -0.1) is 0 Å². The number of aliphatic hydroxyl groups excluding tert-OH is 2. The summed E-state index contributed by atoms with van der Waals surface area (Å²) in [5, 5.41) is 25.9. The van der Waals surface area contributed by atoms with Gasteiger partial charge >= 0.3 is 11.4 Å². The van der Waals surface area contributed by atoms with Gasteiger partial charge in [0.25, 0.3) is 0 Å². The van der Waals surface area contributed by atoms with Crippen LogP contribution in [-0.2, 0) is 23.2 Å². The summed E-state index contributed by atoms with van der Waals surface area (Å²) in [6, 6.07) is 0. The number of carbonyl (C=O) groups is 3. The van der Waals surface area contributed by atoms with Crippen molar-refractivity contribution in [2.45, 2.75) is 132 Å². The molecule has 0 aromatic heterocycles. The smallest absolute Gasteiger partial charge is 0.404 e. The minimum absolute atomic E-state index is 0.0373. The normalized spacial score (nSPS) is 12.8. The molecule has 0 aliphatic carbocycles. The molecule has 0 unspecified atom stereocenters. The van der Waals surface area contributed by atoms with Crippen LogP contribution in [0.3, 0.4) is 0 Å². The fraction of sp³-hybridized carbons (Fsp3) is 0.903. The van der Waals surface area contributed by atoms with Crippen LogP contribution in [0.5, 0.6) is 0 Å². The maximum absolute atomic E-state index is 12.0. The van der Waals surface area contributed by atoms with Crippen molar-refractivity contribution in [3.05, 3.63) is 0 Å². The van der Waals surface area contributed by atoms with Crippen LogP contribution >= 0.6 is 36.0 Å². The Morgan fingerprint density at radius 2 is 1.04 bits per heavy atom. The zero-order valence-corrected chi connectivity index (χ0v) is 35.7. The van der Waals surface area contributed by atoms with E-state index in [1.165, 1.54) is 11.8 Å². The molecule has 0 radical (unpaired) electrons. The predicted molar refractivity (Wildman–Crippen MR) is 199 cm³/mol. The van der Waals surface area contributed by atoms with Gasteiger partial charge in [-0.1, -0.05) is 53.3 Å². The summed E-state index contributed by atoms with van der Waals surface area (Å²) in [6.07, 6.45) is 0. The van der Waals surface area contributed by atoms with Crippen molar-refractivity contribution in [1.82, 2.24) is 0 Å². The second-order valence-corrected chi connectivity index (χ2v) is 27.4. The Labute approximate surface area is 292 Å². The van der Waals surface area contributed by atoms with Crippen molar-refractivity contribution in [2.24, 2.45) is 10.8 Å². The molecule has 0 bridgehead atoms. The number of halogens is 1. The molecule has 9 nitrogen and oxygen atoms in total. The van der Waals surface area contributed by atoms with Crippen molar-refractivity contribution in [3.63, 3.8) is 0 Å².